The van der Waals surface area contributed by atoms with Crippen LogP contribution in [0.2, 0.25) is 0 Å². The lowest BCUT2D eigenvalue weighted by Gasteiger charge is -2.09. The molecule has 0 spiro atoms. The van der Waals surface area contributed by atoms with Gasteiger partial charge in [0.25, 0.3) is 0 Å². The summed E-state index contributed by atoms with van der Waals surface area (Å²) in [7, 11) is 3.74. The first-order valence-electron chi connectivity index (χ1n) is 5.61. The Bertz CT molecular complexity index is 524. The van der Waals surface area contributed by atoms with Crippen molar-refractivity contribution in [3.8, 4) is 0 Å². The minimum atomic E-state index is 0.769. The maximum absolute atomic E-state index is 4.32. The smallest absolute Gasteiger partial charge is 0.145 e. The molecule has 18 heavy (non-hydrogen) atoms. The zero-order valence-corrected chi connectivity index (χ0v) is 11.9. The number of aromatic nitrogens is 4. The molecule has 2 aromatic heterocycles. The van der Waals surface area contributed by atoms with Crippen molar-refractivity contribution in [2.24, 2.45) is 7.05 Å². The maximum Gasteiger partial charge on any atom is 0.145 e. The Hall–Kier alpha value is -1.63. The van der Waals surface area contributed by atoms with Crippen molar-refractivity contribution in [3.63, 3.8) is 0 Å². The molecule has 0 radical (unpaired) electrons. The van der Waals surface area contributed by atoms with Gasteiger partial charge in [0.1, 0.15) is 22.4 Å². The van der Waals surface area contributed by atoms with Crippen LogP contribution in [0.5, 0.6) is 0 Å². The van der Waals surface area contributed by atoms with Crippen molar-refractivity contribution in [2.75, 3.05) is 24.2 Å². The van der Waals surface area contributed by atoms with Gasteiger partial charge in [-0.25, -0.2) is 9.97 Å². The van der Waals surface area contributed by atoms with Crippen molar-refractivity contribution in [1.82, 2.24) is 19.7 Å². The topological polar surface area (TPSA) is 67.7 Å². The summed E-state index contributed by atoms with van der Waals surface area (Å²) in [6.45, 7) is 0.774. The van der Waals surface area contributed by atoms with Gasteiger partial charge in [0.05, 0.1) is 5.69 Å². The van der Waals surface area contributed by atoms with Crippen LogP contribution in [0.4, 0.5) is 11.6 Å². The van der Waals surface area contributed by atoms with Gasteiger partial charge < -0.3 is 10.6 Å². The summed E-state index contributed by atoms with van der Waals surface area (Å²) < 4.78 is 2.64. The fraction of sp³-hybridized carbons (Fsp3) is 0.364. The van der Waals surface area contributed by atoms with E-state index in [2.05, 4.69) is 41.6 Å². The average Bonchev–Trinajstić information content (AvgIpc) is 2.77. The van der Waals surface area contributed by atoms with Gasteiger partial charge >= 0.3 is 0 Å². The second-order valence-corrected chi connectivity index (χ2v) is 4.59. The summed E-state index contributed by atoms with van der Waals surface area (Å²) in [5.74, 6) is 1.55. The lowest BCUT2D eigenvalue weighted by atomic mass is 10.3. The number of hydrogen-bond donors (Lipinski definition) is 2. The third kappa shape index (κ3) is 2.98. The van der Waals surface area contributed by atoms with Gasteiger partial charge in [0.2, 0.25) is 0 Å². The SMILES string of the molecule is CNc1ncnc(NCCc2ccn(C)n2)c1Br. The molecular weight excluding hydrogens is 296 g/mol. The van der Waals surface area contributed by atoms with E-state index >= 15 is 0 Å². The number of hydrogen-bond acceptors (Lipinski definition) is 5. The summed E-state index contributed by atoms with van der Waals surface area (Å²) in [5, 5.41) is 10.6. The molecule has 0 unspecified atom stereocenters. The van der Waals surface area contributed by atoms with Crippen molar-refractivity contribution >= 4 is 27.6 Å². The fourth-order valence-electron chi connectivity index (χ4n) is 1.57. The van der Waals surface area contributed by atoms with E-state index in [1.54, 1.807) is 4.68 Å². The van der Waals surface area contributed by atoms with Crippen LogP contribution >= 0.6 is 15.9 Å². The second kappa shape index (κ2) is 5.81. The molecule has 96 valence electrons. The fourth-order valence-corrected chi connectivity index (χ4v) is 2.12. The second-order valence-electron chi connectivity index (χ2n) is 3.79. The summed E-state index contributed by atoms with van der Waals surface area (Å²) in [6, 6.07) is 2.01. The monoisotopic (exact) mass is 310 g/mol. The molecule has 0 aliphatic carbocycles. The predicted octanol–water partition coefficient (Wildman–Crippen LogP) is 1.67. The van der Waals surface area contributed by atoms with Crippen LogP contribution in [0.25, 0.3) is 0 Å². The zero-order chi connectivity index (χ0) is 13.0. The Morgan fingerprint density at radius 1 is 1.33 bits per heavy atom. The van der Waals surface area contributed by atoms with Crippen molar-refractivity contribution < 1.29 is 0 Å². The zero-order valence-electron chi connectivity index (χ0n) is 10.3. The third-order valence-electron chi connectivity index (χ3n) is 2.47. The first-order chi connectivity index (χ1) is 8.70. The molecular formula is C11H15BrN6. The van der Waals surface area contributed by atoms with Crippen LogP contribution in [0.15, 0.2) is 23.1 Å². The molecule has 0 aliphatic heterocycles. The van der Waals surface area contributed by atoms with E-state index in [-0.39, 0.29) is 0 Å². The highest BCUT2D eigenvalue weighted by atomic mass is 79.9. The molecule has 0 saturated carbocycles. The number of anilines is 2. The van der Waals surface area contributed by atoms with E-state index in [9.17, 15) is 0 Å². The number of nitrogens with zero attached hydrogens (tertiary/aromatic N) is 4. The van der Waals surface area contributed by atoms with Crippen LogP contribution in [0.1, 0.15) is 5.69 Å². The van der Waals surface area contributed by atoms with Crippen LogP contribution in [0, 0.1) is 0 Å². The first-order valence-corrected chi connectivity index (χ1v) is 6.40. The molecule has 2 rings (SSSR count). The van der Waals surface area contributed by atoms with E-state index in [1.807, 2.05) is 26.4 Å². The van der Waals surface area contributed by atoms with Gasteiger partial charge in [-0.05, 0) is 22.0 Å². The Labute approximate surface area is 114 Å². The van der Waals surface area contributed by atoms with E-state index in [0.717, 1.165) is 34.8 Å². The van der Waals surface area contributed by atoms with E-state index in [4.69, 9.17) is 0 Å². The molecule has 0 bridgehead atoms. The quantitative estimate of drug-likeness (QED) is 0.879. The Morgan fingerprint density at radius 2 is 2.11 bits per heavy atom. The Morgan fingerprint density at radius 3 is 2.78 bits per heavy atom. The molecule has 0 aromatic carbocycles. The van der Waals surface area contributed by atoms with Gasteiger partial charge in [0, 0.05) is 33.3 Å². The van der Waals surface area contributed by atoms with Crippen LogP contribution in [-0.4, -0.2) is 33.3 Å². The van der Waals surface area contributed by atoms with Gasteiger partial charge in [-0.2, -0.15) is 5.10 Å². The predicted molar refractivity (Wildman–Crippen MR) is 74.7 cm³/mol. The lowest BCUT2D eigenvalue weighted by Crippen LogP contribution is -2.09. The maximum atomic E-state index is 4.32. The molecule has 6 nitrogen and oxygen atoms in total. The highest BCUT2D eigenvalue weighted by Crippen LogP contribution is 2.25. The molecule has 0 aliphatic rings. The molecule has 0 fully saturated rings. The van der Waals surface area contributed by atoms with Gasteiger partial charge in [-0.3, -0.25) is 4.68 Å². The molecule has 2 N–H and O–H groups in total. The van der Waals surface area contributed by atoms with E-state index in [0.29, 0.717) is 0 Å². The molecule has 0 atom stereocenters. The lowest BCUT2D eigenvalue weighted by molar-refractivity contribution is 0.742. The largest absolute Gasteiger partial charge is 0.372 e. The Balaban J connectivity index is 1.94. The number of aryl methyl sites for hydroxylation is 1. The summed E-state index contributed by atoms with van der Waals surface area (Å²) >= 11 is 3.46. The number of halogens is 1. The summed E-state index contributed by atoms with van der Waals surface area (Å²) in [4.78, 5) is 8.29. The minimum Gasteiger partial charge on any atom is -0.372 e. The van der Waals surface area contributed by atoms with Crippen LogP contribution in [-0.2, 0) is 13.5 Å². The molecule has 0 amide bonds. The summed E-state index contributed by atoms with van der Waals surface area (Å²) in [5.41, 5.74) is 1.06. The van der Waals surface area contributed by atoms with E-state index < -0.39 is 0 Å². The number of rotatable bonds is 5. The van der Waals surface area contributed by atoms with Crippen molar-refractivity contribution in [1.29, 1.82) is 0 Å². The summed E-state index contributed by atoms with van der Waals surface area (Å²) in [6.07, 6.45) is 4.32. The van der Waals surface area contributed by atoms with Gasteiger partial charge in [-0.1, -0.05) is 0 Å². The highest BCUT2D eigenvalue weighted by Gasteiger charge is 2.06. The number of nitrogens with one attached hydrogen (secondary N) is 2. The van der Waals surface area contributed by atoms with Crippen LogP contribution < -0.4 is 10.6 Å². The molecule has 0 saturated heterocycles. The Kier molecular flexibility index (Phi) is 4.14. The normalized spacial score (nSPS) is 10.4. The van der Waals surface area contributed by atoms with Crippen molar-refractivity contribution in [3.05, 3.63) is 28.8 Å². The van der Waals surface area contributed by atoms with Crippen LogP contribution in [0.3, 0.4) is 0 Å². The highest BCUT2D eigenvalue weighted by molar-refractivity contribution is 9.10. The van der Waals surface area contributed by atoms with Gasteiger partial charge in [0.15, 0.2) is 0 Å². The van der Waals surface area contributed by atoms with Gasteiger partial charge in [-0.15, -0.1) is 0 Å². The molecule has 2 aromatic rings. The van der Waals surface area contributed by atoms with E-state index in [1.165, 1.54) is 6.33 Å². The standard InChI is InChI=1S/C11H15BrN6/c1-13-10-9(12)11(16-7-15-10)14-5-3-8-4-6-18(2)17-8/h4,6-7H,3,5H2,1-2H3,(H2,13,14,15,16). The molecule has 7 heteroatoms. The first kappa shape index (κ1) is 12.8. The third-order valence-corrected chi connectivity index (χ3v) is 3.22. The average molecular weight is 311 g/mol. The molecule has 2 heterocycles. The van der Waals surface area contributed by atoms with Crippen molar-refractivity contribution in [2.45, 2.75) is 6.42 Å². The minimum absolute atomic E-state index is 0.769.